The molecule has 15 heavy (non-hydrogen) atoms. The van der Waals surface area contributed by atoms with Crippen LogP contribution in [0.4, 0.5) is 0 Å². The summed E-state index contributed by atoms with van der Waals surface area (Å²) in [4.78, 5) is 0. The normalized spacial score (nSPS) is 40.1. The van der Waals surface area contributed by atoms with Crippen molar-refractivity contribution in [3.05, 3.63) is 11.3 Å². The highest BCUT2D eigenvalue weighted by Gasteiger charge is 2.43. The molecule has 0 saturated heterocycles. The van der Waals surface area contributed by atoms with Crippen LogP contribution in [-0.4, -0.2) is 5.11 Å². The summed E-state index contributed by atoms with van der Waals surface area (Å²) in [5.41, 5.74) is 1.76. The van der Waals surface area contributed by atoms with Gasteiger partial charge in [0, 0.05) is 5.92 Å². The van der Waals surface area contributed by atoms with E-state index in [-0.39, 0.29) is 0 Å². The molecular formula is C14H24O. The Morgan fingerprint density at radius 2 is 1.80 bits per heavy atom. The second-order valence-corrected chi connectivity index (χ2v) is 6.20. The van der Waals surface area contributed by atoms with Gasteiger partial charge in [0.2, 0.25) is 0 Å². The lowest BCUT2D eigenvalue weighted by Crippen LogP contribution is -2.39. The molecule has 1 saturated carbocycles. The first-order valence-electron chi connectivity index (χ1n) is 6.36. The Balaban J connectivity index is 2.36. The number of aliphatic hydroxyl groups is 1. The van der Waals surface area contributed by atoms with Crippen molar-refractivity contribution in [1.82, 2.24) is 0 Å². The fourth-order valence-electron chi connectivity index (χ4n) is 3.43. The van der Waals surface area contributed by atoms with E-state index in [9.17, 15) is 5.11 Å². The molecule has 3 atom stereocenters. The third kappa shape index (κ3) is 1.60. The van der Waals surface area contributed by atoms with Crippen LogP contribution in [0.1, 0.15) is 53.4 Å². The van der Waals surface area contributed by atoms with Gasteiger partial charge >= 0.3 is 0 Å². The summed E-state index contributed by atoms with van der Waals surface area (Å²) in [6, 6.07) is 0. The Bertz CT molecular complexity index is 288. The van der Waals surface area contributed by atoms with E-state index >= 15 is 0 Å². The fourth-order valence-corrected chi connectivity index (χ4v) is 3.43. The molecule has 1 heteroatoms. The van der Waals surface area contributed by atoms with E-state index in [0.29, 0.717) is 17.3 Å². The maximum absolute atomic E-state index is 10.2. The van der Waals surface area contributed by atoms with Crippen molar-refractivity contribution in [2.45, 2.75) is 53.4 Å². The lowest BCUT2D eigenvalue weighted by atomic mass is 9.57. The topological polar surface area (TPSA) is 20.2 Å². The Hall–Kier alpha value is -0.460. The monoisotopic (exact) mass is 208 g/mol. The van der Waals surface area contributed by atoms with Gasteiger partial charge in [-0.05, 0) is 48.5 Å². The van der Waals surface area contributed by atoms with E-state index in [1.807, 2.05) is 0 Å². The Kier molecular flexibility index (Phi) is 2.60. The van der Waals surface area contributed by atoms with Crippen molar-refractivity contribution in [1.29, 1.82) is 0 Å². The maximum Gasteiger partial charge on any atom is 0.0945 e. The van der Waals surface area contributed by atoms with Gasteiger partial charge < -0.3 is 5.11 Å². The smallest absolute Gasteiger partial charge is 0.0945 e. The van der Waals surface area contributed by atoms with Crippen molar-refractivity contribution in [2.75, 3.05) is 0 Å². The molecule has 0 spiro atoms. The predicted molar refractivity (Wildman–Crippen MR) is 63.7 cm³/mol. The van der Waals surface area contributed by atoms with Gasteiger partial charge in [0.1, 0.15) is 0 Å². The molecule has 0 aromatic rings. The lowest BCUT2D eigenvalue weighted by molar-refractivity contribution is 0.0817. The minimum absolute atomic E-state index is 0.377. The fraction of sp³-hybridized carbons (Fsp3) is 0.857. The summed E-state index contributed by atoms with van der Waals surface area (Å²) in [6.07, 6.45) is 4.81. The zero-order valence-electron chi connectivity index (χ0n) is 10.5. The Labute approximate surface area is 93.6 Å². The van der Waals surface area contributed by atoms with Gasteiger partial charge in [0.15, 0.2) is 0 Å². The van der Waals surface area contributed by atoms with E-state index in [4.69, 9.17) is 0 Å². The molecule has 0 aromatic carbocycles. The molecule has 1 nitrogen and oxygen atoms in total. The highest BCUT2D eigenvalue weighted by Crippen LogP contribution is 2.53. The average Bonchev–Trinajstić information content (AvgIpc) is 2.17. The standard InChI is InChI=1S/C14H24O/c1-9-5-8-12-11(13(9)15)7-6-10(2)14(12,3)4/h9-10,12,15H,5-8H2,1-4H3/t9-,10?,12?/m0/s1. The van der Waals surface area contributed by atoms with Gasteiger partial charge in [0.05, 0.1) is 5.76 Å². The zero-order chi connectivity index (χ0) is 11.2. The lowest BCUT2D eigenvalue weighted by Gasteiger charge is -2.48. The largest absolute Gasteiger partial charge is 0.512 e. The third-order valence-corrected chi connectivity index (χ3v) is 5.12. The van der Waals surface area contributed by atoms with Crippen molar-refractivity contribution in [3.63, 3.8) is 0 Å². The number of aliphatic hydroxyl groups excluding tert-OH is 1. The van der Waals surface area contributed by atoms with Crippen LogP contribution < -0.4 is 0 Å². The molecule has 86 valence electrons. The molecule has 0 amide bonds. The molecule has 2 aliphatic carbocycles. The predicted octanol–water partition coefficient (Wildman–Crippen LogP) is 4.30. The minimum Gasteiger partial charge on any atom is -0.512 e. The molecule has 0 aromatic heterocycles. The van der Waals surface area contributed by atoms with Gasteiger partial charge in [-0.1, -0.05) is 27.7 Å². The molecule has 0 radical (unpaired) electrons. The van der Waals surface area contributed by atoms with Gasteiger partial charge in [-0.3, -0.25) is 0 Å². The van der Waals surface area contributed by atoms with Crippen molar-refractivity contribution in [3.8, 4) is 0 Å². The summed E-state index contributed by atoms with van der Waals surface area (Å²) in [7, 11) is 0. The molecule has 1 N–H and O–H groups in total. The van der Waals surface area contributed by atoms with Crippen LogP contribution in [0.2, 0.25) is 0 Å². The van der Waals surface area contributed by atoms with Crippen LogP contribution in [0.15, 0.2) is 11.3 Å². The van der Waals surface area contributed by atoms with Crippen molar-refractivity contribution < 1.29 is 5.11 Å². The summed E-state index contributed by atoms with van der Waals surface area (Å²) in [5.74, 6) is 2.55. The van der Waals surface area contributed by atoms with Crippen molar-refractivity contribution in [2.24, 2.45) is 23.2 Å². The molecule has 2 rings (SSSR count). The summed E-state index contributed by atoms with van der Waals surface area (Å²) >= 11 is 0. The highest BCUT2D eigenvalue weighted by molar-refractivity contribution is 5.22. The molecule has 0 aliphatic heterocycles. The van der Waals surface area contributed by atoms with E-state index in [0.717, 1.165) is 24.5 Å². The van der Waals surface area contributed by atoms with E-state index in [1.54, 1.807) is 0 Å². The maximum atomic E-state index is 10.2. The van der Waals surface area contributed by atoms with Crippen LogP contribution in [0.3, 0.4) is 0 Å². The number of rotatable bonds is 0. The zero-order valence-corrected chi connectivity index (χ0v) is 10.5. The van der Waals surface area contributed by atoms with Crippen LogP contribution in [0.25, 0.3) is 0 Å². The first-order valence-corrected chi connectivity index (χ1v) is 6.36. The summed E-state index contributed by atoms with van der Waals surface area (Å²) in [6.45, 7) is 9.28. The number of hydrogen-bond acceptors (Lipinski definition) is 1. The molecule has 0 heterocycles. The van der Waals surface area contributed by atoms with Crippen LogP contribution in [0, 0.1) is 23.2 Å². The number of fused-ring (bicyclic) bond motifs is 1. The molecule has 0 bridgehead atoms. The summed E-state index contributed by atoms with van der Waals surface area (Å²) < 4.78 is 0. The van der Waals surface area contributed by atoms with Gasteiger partial charge in [0.25, 0.3) is 0 Å². The van der Waals surface area contributed by atoms with Gasteiger partial charge in [-0.25, -0.2) is 0 Å². The molecule has 2 aliphatic rings. The second kappa shape index (κ2) is 3.54. The first-order chi connectivity index (χ1) is 6.94. The van der Waals surface area contributed by atoms with Gasteiger partial charge in [-0.15, -0.1) is 0 Å². The Morgan fingerprint density at radius 1 is 1.13 bits per heavy atom. The molecular weight excluding hydrogens is 184 g/mol. The average molecular weight is 208 g/mol. The Morgan fingerprint density at radius 3 is 2.47 bits per heavy atom. The van der Waals surface area contributed by atoms with E-state index in [1.165, 1.54) is 18.4 Å². The minimum atomic E-state index is 0.377. The first kappa shape index (κ1) is 11.0. The summed E-state index contributed by atoms with van der Waals surface area (Å²) in [5, 5.41) is 10.2. The van der Waals surface area contributed by atoms with Crippen molar-refractivity contribution >= 4 is 0 Å². The molecule has 1 fully saturated rings. The van der Waals surface area contributed by atoms with E-state index < -0.39 is 0 Å². The quantitative estimate of drug-likeness (QED) is 0.629. The van der Waals surface area contributed by atoms with Crippen LogP contribution in [-0.2, 0) is 0 Å². The highest BCUT2D eigenvalue weighted by atomic mass is 16.3. The SMILES string of the molecule is CC1CCC2=C(O)[C@@H](C)CCC2C1(C)C. The number of allylic oxidation sites excluding steroid dienone is 2. The van der Waals surface area contributed by atoms with Crippen LogP contribution in [0.5, 0.6) is 0 Å². The molecule has 2 unspecified atom stereocenters. The van der Waals surface area contributed by atoms with Crippen LogP contribution >= 0.6 is 0 Å². The number of hydrogen-bond donors (Lipinski definition) is 1. The second-order valence-electron chi connectivity index (χ2n) is 6.20. The third-order valence-electron chi connectivity index (χ3n) is 5.12. The van der Waals surface area contributed by atoms with Gasteiger partial charge in [-0.2, -0.15) is 0 Å². The van der Waals surface area contributed by atoms with E-state index in [2.05, 4.69) is 27.7 Å².